The van der Waals surface area contributed by atoms with Gasteiger partial charge in [0.05, 0.1) is 0 Å². The first-order chi connectivity index (χ1) is 10.3. The Hall–Kier alpha value is -1.02. The molecule has 0 bridgehead atoms. The van der Waals surface area contributed by atoms with Crippen LogP contribution < -0.4 is 10.5 Å². The molecule has 1 aromatic carbocycles. The van der Waals surface area contributed by atoms with Crippen LogP contribution in [0.3, 0.4) is 0 Å². The average Bonchev–Trinajstić information content (AvgIpc) is 2.90. The summed E-state index contributed by atoms with van der Waals surface area (Å²) in [6.45, 7) is 2.27. The lowest BCUT2D eigenvalue weighted by atomic mass is 10.0. The minimum atomic E-state index is 0.324. The number of hydrogen-bond donors (Lipinski definition) is 1. The number of aryl methyl sites for hydroxylation is 1. The second-order valence-electron chi connectivity index (χ2n) is 6.47. The first kappa shape index (κ1) is 16.4. The van der Waals surface area contributed by atoms with E-state index in [0.717, 1.165) is 25.0 Å². The molecule has 1 fully saturated rings. The van der Waals surface area contributed by atoms with Crippen LogP contribution in [0.4, 0.5) is 0 Å². The summed E-state index contributed by atoms with van der Waals surface area (Å²) in [5.41, 5.74) is 7.35. The lowest BCUT2D eigenvalue weighted by Gasteiger charge is -2.13. The van der Waals surface area contributed by atoms with E-state index in [4.69, 9.17) is 10.5 Å². The molecule has 1 aliphatic carbocycles. The molecule has 1 saturated carbocycles. The van der Waals surface area contributed by atoms with Crippen LogP contribution in [0.1, 0.15) is 70.3 Å². The number of unbranched alkanes of at least 4 members (excludes halogenated alkanes) is 5. The van der Waals surface area contributed by atoms with E-state index in [2.05, 4.69) is 31.2 Å². The first-order valence-electron chi connectivity index (χ1n) is 8.79. The molecular formula is C19H31NO. The van der Waals surface area contributed by atoms with Crippen LogP contribution in [-0.2, 0) is 6.42 Å². The predicted molar refractivity (Wildman–Crippen MR) is 89.8 cm³/mol. The van der Waals surface area contributed by atoms with Crippen molar-refractivity contribution in [3.05, 3.63) is 29.8 Å². The SMILES string of the molecule is CCCCCCCCc1ccc(OC2CCC(N)C2)cc1. The molecule has 0 radical (unpaired) electrons. The molecule has 1 aromatic rings. The third-order valence-corrected chi connectivity index (χ3v) is 4.47. The molecular weight excluding hydrogens is 258 g/mol. The lowest BCUT2D eigenvalue weighted by molar-refractivity contribution is 0.208. The van der Waals surface area contributed by atoms with Crippen LogP contribution in [-0.4, -0.2) is 12.1 Å². The molecule has 2 N–H and O–H groups in total. The number of ether oxygens (including phenoxy) is 1. The maximum absolute atomic E-state index is 5.99. The Morgan fingerprint density at radius 2 is 1.71 bits per heavy atom. The topological polar surface area (TPSA) is 35.2 Å². The van der Waals surface area contributed by atoms with Crippen LogP contribution in [0.2, 0.25) is 0 Å². The normalized spacial score (nSPS) is 21.6. The van der Waals surface area contributed by atoms with E-state index in [9.17, 15) is 0 Å². The lowest BCUT2D eigenvalue weighted by Crippen LogP contribution is -2.19. The molecule has 0 spiro atoms. The van der Waals surface area contributed by atoms with Crippen LogP contribution in [0.5, 0.6) is 5.75 Å². The van der Waals surface area contributed by atoms with E-state index in [-0.39, 0.29) is 0 Å². The molecule has 0 aromatic heterocycles. The van der Waals surface area contributed by atoms with Crippen LogP contribution in [0.15, 0.2) is 24.3 Å². The monoisotopic (exact) mass is 289 g/mol. The zero-order valence-corrected chi connectivity index (χ0v) is 13.5. The summed E-state index contributed by atoms with van der Waals surface area (Å²) in [5, 5.41) is 0. The molecule has 2 unspecified atom stereocenters. The Balaban J connectivity index is 1.64. The Morgan fingerprint density at radius 3 is 2.38 bits per heavy atom. The maximum atomic E-state index is 5.99. The van der Waals surface area contributed by atoms with Crippen molar-refractivity contribution >= 4 is 0 Å². The van der Waals surface area contributed by atoms with Crippen molar-refractivity contribution in [1.29, 1.82) is 0 Å². The molecule has 21 heavy (non-hydrogen) atoms. The van der Waals surface area contributed by atoms with Crippen LogP contribution >= 0.6 is 0 Å². The van der Waals surface area contributed by atoms with Gasteiger partial charge in [0.15, 0.2) is 0 Å². The summed E-state index contributed by atoms with van der Waals surface area (Å²) in [6, 6.07) is 9.01. The molecule has 2 heteroatoms. The molecule has 118 valence electrons. The Bertz CT molecular complexity index is 387. The first-order valence-corrected chi connectivity index (χ1v) is 8.79. The summed E-state index contributed by atoms with van der Waals surface area (Å²) in [4.78, 5) is 0. The molecule has 2 nitrogen and oxygen atoms in total. The second kappa shape index (κ2) is 9.09. The molecule has 2 atom stereocenters. The standard InChI is InChI=1S/C19H31NO/c1-2-3-4-5-6-7-8-16-9-12-18(13-10-16)21-19-14-11-17(20)15-19/h9-10,12-13,17,19H,2-8,11,14-15,20H2,1H3. The molecule has 0 heterocycles. The third-order valence-electron chi connectivity index (χ3n) is 4.47. The highest BCUT2D eigenvalue weighted by Crippen LogP contribution is 2.24. The van der Waals surface area contributed by atoms with Crippen LogP contribution in [0.25, 0.3) is 0 Å². The number of hydrogen-bond acceptors (Lipinski definition) is 2. The van der Waals surface area contributed by atoms with Gasteiger partial charge in [-0.1, -0.05) is 51.2 Å². The molecule has 0 amide bonds. The summed E-state index contributed by atoms with van der Waals surface area (Å²) >= 11 is 0. The van der Waals surface area contributed by atoms with Crippen molar-refractivity contribution in [1.82, 2.24) is 0 Å². The fourth-order valence-corrected chi connectivity index (χ4v) is 3.12. The zero-order valence-electron chi connectivity index (χ0n) is 13.5. The smallest absolute Gasteiger partial charge is 0.119 e. The zero-order chi connectivity index (χ0) is 14.9. The molecule has 2 rings (SSSR count). The van der Waals surface area contributed by atoms with Gasteiger partial charge in [0.1, 0.15) is 11.9 Å². The minimum Gasteiger partial charge on any atom is -0.490 e. The van der Waals surface area contributed by atoms with Gasteiger partial charge < -0.3 is 10.5 Å². The van der Waals surface area contributed by atoms with E-state index in [1.165, 1.54) is 50.5 Å². The third kappa shape index (κ3) is 6.09. The van der Waals surface area contributed by atoms with Gasteiger partial charge in [-0.05, 0) is 49.8 Å². The molecule has 0 saturated heterocycles. The summed E-state index contributed by atoms with van der Waals surface area (Å²) in [6.07, 6.45) is 12.9. The van der Waals surface area contributed by atoms with E-state index in [1.54, 1.807) is 0 Å². The largest absolute Gasteiger partial charge is 0.490 e. The number of rotatable bonds is 9. The Morgan fingerprint density at radius 1 is 1.00 bits per heavy atom. The van der Waals surface area contributed by atoms with Crippen molar-refractivity contribution in [3.63, 3.8) is 0 Å². The summed E-state index contributed by atoms with van der Waals surface area (Å²) < 4.78 is 5.99. The number of benzene rings is 1. The Labute approximate surface area is 130 Å². The van der Waals surface area contributed by atoms with Crippen molar-refractivity contribution in [2.75, 3.05) is 0 Å². The summed E-state index contributed by atoms with van der Waals surface area (Å²) in [5.74, 6) is 1.00. The maximum Gasteiger partial charge on any atom is 0.119 e. The van der Waals surface area contributed by atoms with Gasteiger partial charge in [0.2, 0.25) is 0 Å². The van der Waals surface area contributed by atoms with Gasteiger partial charge in [0, 0.05) is 6.04 Å². The highest BCUT2D eigenvalue weighted by Gasteiger charge is 2.22. The quantitative estimate of drug-likeness (QED) is 0.660. The summed E-state index contributed by atoms with van der Waals surface area (Å²) in [7, 11) is 0. The van der Waals surface area contributed by atoms with Crippen molar-refractivity contribution in [3.8, 4) is 5.75 Å². The van der Waals surface area contributed by atoms with Crippen molar-refractivity contribution < 1.29 is 4.74 Å². The predicted octanol–water partition coefficient (Wildman–Crippen LogP) is 4.85. The van der Waals surface area contributed by atoms with E-state index in [0.29, 0.717) is 12.1 Å². The molecule has 0 aliphatic heterocycles. The van der Waals surface area contributed by atoms with E-state index >= 15 is 0 Å². The van der Waals surface area contributed by atoms with Gasteiger partial charge in [-0.25, -0.2) is 0 Å². The Kier molecular flexibility index (Phi) is 7.08. The van der Waals surface area contributed by atoms with E-state index < -0.39 is 0 Å². The fraction of sp³-hybridized carbons (Fsp3) is 0.684. The number of nitrogens with two attached hydrogens (primary N) is 1. The second-order valence-corrected chi connectivity index (χ2v) is 6.47. The van der Waals surface area contributed by atoms with Gasteiger partial charge >= 0.3 is 0 Å². The highest BCUT2D eigenvalue weighted by atomic mass is 16.5. The van der Waals surface area contributed by atoms with E-state index in [1.807, 2.05) is 0 Å². The average molecular weight is 289 g/mol. The minimum absolute atomic E-state index is 0.324. The van der Waals surface area contributed by atoms with Crippen molar-refractivity contribution in [2.24, 2.45) is 5.73 Å². The van der Waals surface area contributed by atoms with Crippen LogP contribution in [0, 0.1) is 0 Å². The molecule has 1 aliphatic rings. The van der Waals surface area contributed by atoms with Gasteiger partial charge in [-0.15, -0.1) is 0 Å². The highest BCUT2D eigenvalue weighted by molar-refractivity contribution is 5.27. The van der Waals surface area contributed by atoms with Gasteiger partial charge in [0.25, 0.3) is 0 Å². The van der Waals surface area contributed by atoms with Gasteiger partial charge in [-0.2, -0.15) is 0 Å². The fourth-order valence-electron chi connectivity index (χ4n) is 3.12. The van der Waals surface area contributed by atoms with Gasteiger partial charge in [-0.3, -0.25) is 0 Å². The van der Waals surface area contributed by atoms with Crippen molar-refractivity contribution in [2.45, 2.75) is 83.3 Å².